The maximum atomic E-state index is 7.75. The van der Waals surface area contributed by atoms with Crippen LogP contribution in [0.3, 0.4) is 0 Å². The Bertz CT molecular complexity index is 380. The zero-order valence-electron chi connectivity index (χ0n) is 15.1. The van der Waals surface area contributed by atoms with E-state index in [1.807, 2.05) is 18.3 Å². The van der Waals surface area contributed by atoms with Crippen LogP contribution < -0.4 is 5.32 Å². The molecule has 1 heterocycles. The molecule has 0 aliphatic rings. The molecule has 0 spiro atoms. The summed E-state index contributed by atoms with van der Waals surface area (Å²) in [6.07, 6.45) is 3.17. The molecule has 0 aliphatic heterocycles. The van der Waals surface area contributed by atoms with Crippen molar-refractivity contribution in [1.29, 1.82) is 0 Å². The number of nitrogens with one attached hydrogen (secondary N) is 1. The zero-order chi connectivity index (χ0) is 18.5. The summed E-state index contributed by atoms with van der Waals surface area (Å²) in [6, 6.07) is 6.08. The predicted octanol–water partition coefficient (Wildman–Crippen LogP) is 4.13. The summed E-state index contributed by atoms with van der Waals surface area (Å²) in [7, 11) is 4.20. The van der Waals surface area contributed by atoms with Gasteiger partial charge in [-0.25, -0.2) is 0 Å². The molecule has 1 rings (SSSR count). The van der Waals surface area contributed by atoms with Crippen molar-refractivity contribution >= 4 is 24.4 Å². The van der Waals surface area contributed by atoms with Gasteiger partial charge in [0.05, 0.1) is 22.2 Å². The molecule has 0 amide bonds. The van der Waals surface area contributed by atoms with Crippen molar-refractivity contribution in [3.8, 4) is 0 Å². The molecule has 1 aromatic heterocycles. The van der Waals surface area contributed by atoms with E-state index in [0.29, 0.717) is 10.3 Å². The van der Waals surface area contributed by atoms with Gasteiger partial charge in [-0.15, -0.1) is 0 Å². The summed E-state index contributed by atoms with van der Waals surface area (Å²) in [5.74, 6) is 0. The predicted molar refractivity (Wildman–Crippen MR) is 103 cm³/mol. The maximum absolute atomic E-state index is 7.75. The van der Waals surface area contributed by atoms with Crippen LogP contribution in [-0.4, -0.2) is 34.8 Å². The molecule has 0 atom stereocenters. The average molecular weight is 448 g/mol. The molecule has 0 bridgehead atoms. The molecule has 134 valence electrons. The molecule has 1 aromatic rings. The molecular formula is C17H32ClN2OPRu+2. The van der Waals surface area contributed by atoms with Crippen LogP contribution in [0.1, 0.15) is 47.2 Å². The topological polar surface area (TPSA) is 42.0 Å². The summed E-state index contributed by atoms with van der Waals surface area (Å²) >= 11 is 1.62. The van der Waals surface area contributed by atoms with Gasteiger partial charge in [0.25, 0.3) is 0 Å². The van der Waals surface area contributed by atoms with Crippen molar-refractivity contribution < 1.29 is 22.1 Å². The first kappa shape index (κ1) is 25.4. The molecule has 0 unspecified atom stereocenters. The second-order valence-electron chi connectivity index (χ2n) is 7.23. The number of rotatable bonds is 5. The van der Waals surface area contributed by atoms with E-state index in [0.717, 1.165) is 18.8 Å². The minimum absolute atomic E-state index is 0.412. The fourth-order valence-electron chi connectivity index (χ4n) is 2.81. The Morgan fingerprint density at radius 2 is 1.65 bits per heavy atom. The molecule has 0 aromatic carbocycles. The third-order valence-corrected chi connectivity index (χ3v) is 7.77. The number of pyridine rings is 1. The van der Waals surface area contributed by atoms with E-state index in [1.54, 1.807) is 17.3 Å². The number of halogens is 1. The van der Waals surface area contributed by atoms with Crippen molar-refractivity contribution in [2.75, 3.05) is 12.7 Å². The van der Waals surface area contributed by atoms with Crippen LogP contribution in [-0.2, 0) is 28.7 Å². The summed E-state index contributed by atoms with van der Waals surface area (Å²) in [4.78, 5) is 12.1. The second kappa shape index (κ2) is 13.4. The molecule has 0 aliphatic carbocycles. The summed E-state index contributed by atoms with van der Waals surface area (Å²) in [5, 5.41) is 4.45. The van der Waals surface area contributed by atoms with Gasteiger partial charge < -0.3 is 10.1 Å². The Morgan fingerprint density at radius 3 is 2.04 bits per heavy atom. The molecule has 3 nitrogen and oxygen atoms in total. The Kier molecular flexibility index (Phi) is 14.8. The van der Waals surface area contributed by atoms with E-state index in [9.17, 15) is 0 Å². The van der Waals surface area contributed by atoms with Crippen LogP contribution in [0, 0.1) is 0 Å². The van der Waals surface area contributed by atoms with E-state index >= 15 is 0 Å². The summed E-state index contributed by atoms with van der Waals surface area (Å²) < 4.78 is 0. The van der Waals surface area contributed by atoms with Gasteiger partial charge in [0.15, 0.2) is 0 Å². The van der Waals surface area contributed by atoms with Crippen molar-refractivity contribution in [1.82, 2.24) is 10.3 Å². The Balaban J connectivity index is 0. The molecular weight excluding hydrogens is 416 g/mol. The van der Waals surface area contributed by atoms with Gasteiger partial charge in [0.1, 0.15) is 0 Å². The normalized spacial score (nSPS) is 11.2. The standard InChI is InChI=1S/C16H29N2P.CHO.ClH.Ru.H/c1-15(2,3)19(16(4,5)6)12-11-17-13-14-9-7-8-10-18-14;1-2;;;/h7-10,17H,11-13H2,1-6H3;1H;1H;;/q;-1;;+3;. The van der Waals surface area contributed by atoms with E-state index < -0.39 is 7.92 Å². The SMILES string of the molecule is CC(C)(C)[PH+](CCNCc1ccccn1)C(C)(C)C.[CH-]=O.[Cl][RuH+2]. The zero-order valence-corrected chi connectivity index (χ0v) is 18.7. The third-order valence-electron chi connectivity index (χ3n) is 3.39. The van der Waals surface area contributed by atoms with Crippen LogP contribution in [0.4, 0.5) is 0 Å². The van der Waals surface area contributed by atoms with Crippen LogP contribution in [0.25, 0.3) is 0 Å². The fraction of sp³-hybridized carbons (Fsp3) is 0.647. The van der Waals surface area contributed by atoms with Crippen molar-refractivity contribution in [2.24, 2.45) is 0 Å². The quantitative estimate of drug-likeness (QED) is 0.243. The molecule has 23 heavy (non-hydrogen) atoms. The monoisotopic (exact) mass is 448 g/mol. The number of hydrogen-bond donors (Lipinski definition) is 1. The van der Waals surface area contributed by atoms with Crippen LogP contribution in [0.15, 0.2) is 24.4 Å². The van der Waals surface area contributed by atoms with Crippen LogP contribution in [0.5, 0.6) is 0 Å². The first-order valence-corrected chi connectivity index (χ1v) is 11.7. The molecule has 0 saturated heterocycles. The first-order valence-electron chi connectivity index (χ1n) is 7.56. The van der Waals surface area contributed by atoms with Gasteiger partial charge >= 0.3 is 27.0 Å². The van der Waals surface area contributed by atoms with Gasteiger partial charge in [0, 0.05) is 27.2 Å². The van der Waals surface area contributed by atoms with Gasteiger partial charge in [0.2, 0.25) is 0 Å². The van der Waals surface area contributed by atoms with Crippen LogP contribution in [0.2, 0.25) is 0 Å². The molecule has 0 saturated carbocycles. The summed E-state index contributed by atoms with van der Waals surface area (Å²) in [6.45, 7) is 19.6. The molecule has 0 radical (unpaired) electrons. The number of hydrogen-bond acceptors (Lipinski definition) is 3. The van der Waals surface area contributed by atoms with Crippen molar-refractivity contribution in [2.45, 2.75) is 58.4 Å². The van der Waals surface area contributed by atoms with E-state index in [4.69, 9.17) is 4.79 Å². The first-order chi connectivity index (χ1) is 10.7. The van der Waals surface area contributed by atoms with Crippen molar-refractivity contribution in [3.63, 3.8) is 0 Å². The van der Waals surface area contributed by atoms with Gasteiger partial charge in [-0.1, -0.05) is 6.07 Å². The molecule has 0 fully saturated rings. The van der Waals surface area contributed by atoms with E-state index in [1.165, 1.54) is 6.16 Å². The Labute approximate surface area is 157 Å². The van der Waals surface area contributed by atoms with Gasteiger partial charge in [-0.3, -0.25) is 11.8 Å². The molecule has 6 heteroatoms. The molecule has 1 N–H and O–H groups in total. The Morgan fingerprint density at radius 1 is 1.13 bits per heavy atom. The average Bonchev–Trinajstić information content (AvgIpc) is 2.49. The van der Waals surface area contributed by atoms with Crippen LogP contribution >= 0.6 is 17.6 Å². The van der Waals surface area contributed by atoms with E-state index in [-0.39, 0.29) is 0 Å². The number of nitrogens with zero attached hydrogens (tertiary/aromatic N) is 1. The minimum atomic E-state index is -0.412. The van der Waals surface area contributed by atoms with Gasteiger partial charge in [-0.05, 0) is 53.7 Å². The third kappa shape index (κ3) is 12.2. The Hall–Kier alpha value is 0.123. The number of carbonyl (C=O) groups excluding carboxylic acids is 1. The fourth-order valence-corrected chi connectivity index (χ4v) is 6.98. The van der Waals surface area contributed by atoms with E-state index in [2.05, 4.69) is 74.4 Å². The second-order valence-corrected chi connectivity index (χ2v) is 11.7. The number of aromatic nitrogens is 1. The van der Waals surface area contributed by atoms with Gasteiger partial charge in [-0.2, -0.15) is 0 Å². The summed E-state index contributed by atoms with van der Waals surface area (Å²) in [5.41, 5.74) is 1.13. The van der Waals surface area contributed by atoms with Crippen molar-refractivity contribution in [3.05, 3.63) is 30.1 Å².